The van der Waals surface area contributed by atoms with E-state index in [0.717, 1.165) is 36.2 Å². The van der Waals surface area contributed by atoms with E-state index in [1.54, 1.807) is 11.1 Å². The molecule has 0 spiro atoms. The lowest BCUT2D eigenvalue weighted by Crippen LogP contribution is -2.51. The van der Waals surface area contributed by atoms with Crippen molar-refractivity contribution in [1.29, 1.82) is 5.26 Å². The molecule has 41 heavy (non-hydrogen) atoms. The van der Waals surface area contributed by atoms with E-state index in [0.29, 0.717) is 43.3 Å². The Bertz CT molecular complexity index is 1550. The summed E-state index contributed by atoms with van der Waals surface area (Å²) in [5.41, 5.74) is 5.06. The number of benzene rings is 2. The Morgan fingerprint density at radius 2 is 1.78 bits per heavy atom. The second-order valence-corrected chi connectivity index (χ2v) is 12.3. The molecule has 0 aliphatic carbocycles. The van der Waals surface area contributed by atoms with Crippen molar-refractivity contribution in [3.63, 3.8) is 0 Å². The number of rotatable bonds is 2. The van der Waals surface area contributed by atoms with Crippen molar-refractivity contribution in [3.05, 3.63) is 70.9 Å². The summed E-state index contributed by atoms with van der Waals surface area (Å²) in [5, 5.41) is 10.6. The zero-order valence-electron chi connectivity index (χ0n) is 24.1. The number of nitrogens with zero attached hydrogens (tertiary/aromatic N) is 6. The fraction of sp³-hybridized carbons (Fsp3) is 0.438. The smallest absolute Gasteiger partial charge is 0.410 e. The van der Waals surface area contributed by atoms with Gasteiger partial charge in [-0.15, -0.1) is 0 Å². The highest BCUT2D eigenvalue weighted by molar-refractivity contribution is 5.96. The fourth-order valence-electron chi connectivity index (χ4n) is 6.38. The lowest BCUT2D eigenvalue weighted by atomic mass is 9.98. The first-order valence-corrected chi connectivity index (χ1v) is 14.3. The maximum atomic E-state index is 13.4. The topological polar surface area (TPSA) is 93.0 Å². The summed E-state index contributed by atoms with van der Waals surface area (Å²) in [7, 11) is 0. The molecule has 3 aromatic rings. The van der Waals surface area contributed by atoms with Crippen LogP contribution in [-0.2, 0) is 11.3 Å². The largest absolute Gasteiger partial charge is 0.444 e. The number of ether oxygens (including phenoxy) is 1. The van der Waals surface area contributed by atoms with Crippen molar-refractivity contribution < 1.29 is 14.3 Å². The SMILES string of the molecule is C[C@@H]1CN(c2ccc(C#N)c3ncccc23)C[C@@H]2c3ccc(C(=O)N4CCN(C(=O)OC(C)(C)C)CC4)cc3CN12. The maximum Gasteiger partial charge on any atom is 0.410 e. The minimum Gasteiger partial charge on any atom is -0.444 e. The highest BCUT2D eigenvalue weighted by Gasteiger charge is 2.39. The van der Waals surface area contributed by atoms with E-state index in [1.165, 1.54) is 11.1 Å². The Kier molecular flexibility index (Phi) is 6.82. The first-order chi connectivity index (χ1) is 19.6. The first kappa shape index (κ1) is 27.0. The monoisotopic (exact) mass is 552 g/mol. The van der Waals surface area contributed by atoms with Crippen LogP contribution in [0.25, 0.3) is 10.9 Å². The van der Waals surface area contributed by atoms with Crippen LogP contribution in [0.1, 0.15) is 60.8 Å². The van der Waals surface area contributed by atoms with Crippen molar-refractivity contribution in [3.8, 4) is 6.07 Å². The van der Waals surface area contributed by atoms with Gasteiger partial charge in [-0.05, 0) is 75.2 Å². The Morgan fingerprint density at radius 1 is 1.02 bits per heavy atom. The molecular formula is C32H36N6O3. The third-order valence-electron chi connectivity index (χ3n) is 8.37. The molecule has 0 radical (unpaired) electrons. The molecule has 0 N–H and O–H groups in total. The average molecular weight is 553 g/mol. The molecule has 4 heterocycles. The van der Waals surface area contributed by atoms with Crippen molar-refractivity contribution in [2.75, 3.05) is 44.2 Å². The second-order valence-electron chi connectivity index (χ2n) is 12.3. The Morgan fingerprint density at radius 3 is 2.51 bits per heavy atom. The van der Waals surface area contributed by atoms with Gasteiger partial charge in [-0.1, -0.05) is 6.07 Å². The van der Waals surface area contributed by atoms with Gasteiger partial charge in [0.25, 0.3) is 5.91 Å². The van der Waals surface area contributed by atoms with Crippen molar-refractivity contribution in [1.82, 2.24) is 19.7 Å². The van der Waals surface area contributed by atoms with Crippen LogP contribution in [0.3, 0.4) is 0 Å². The third-order valence-corrected chi connectivity index (χ3v) is 8.37. The Hall–Kier alpha value is -4.16. The van der Waals surface area contributed by atoms with E-state index in [2.05, 4.69) is 39.9 Å². The molecular weight excluding hydrogens is 516 g/mol. The van der Waals surface area contributed by atoms with Crippen molar-refractivity contribution in [2.45, 2.75) is 51.9 Å². The van der Waals surface area contributed by atoms with Crippen LogP contribution in [0.4, 0.5) is 10.5 Å². The number of hydrogen-bond donors (Lipinski definition) is 0. The van der Waals surface area contributed by atoms with Gasteiger partial charge in [0, 0.05) is 74.7 Å². The number of carbonyl (C=O) groups is 2. The zero-order chi connectivity index (χ0) is 28.9. The summed E-state index contributed by atoms with van der Waals surface area (Å²) in [6, 6.07) is 16.8. The van der Waals surface area contributed by atoms with E-state index >= 15 is 0 Å². The molecule has 9 nitrogen and oxygen atoms in total. The molecule has 2 aromatic carbocycles. The number of anilines is 1. The number of aromatic nitrogens is 1. The highest BCUT2D eigenvalue weighted by Crippen LogP contribution is 2.41. The summed E-state index contributed by atoms with van der Waals surface area (Å²) in [6.45, 7) is 12.3. The molecule has 2 atom stereocenters. The lowest BCUT2D eigenvalue weighted by Gasteiger charge is -2.43. The van der Waals surface area contributed by atoms with Crippen LogP contribution < -0.4 is 4.90 Å². The third kappa shape index (κ3) is 5.08. The van der Waals surface area contributed by atoms with Crippen LogP contribution in [0, 0.1) is 11.3 Å². The molecule has 0 unspecified atom stereocenters. The van der Waals surface area contributed by atoms with Gasteiger partial charge >= 0.3 is 6.09 Å². The van der Waals surface area contributed by atoms with E-state index < -0.39 is 5.60 Å². The lowest BCUT2D eigenvalue weighted by molar-refractivity contribution is 0.0141. The van der Waals surface area contributed by atoms with Gasteiger partial charge in [0.1, 0.15) is 11.7 Å². The Balaban J connectivity index is 1.18. The summed E-state index contributed by atoms with van der Waals surface area (Å²) in [5.74, 6) is 0.00716. The van der Waals surface area contributed by atoms with Gasteiger partial charge in [-0.2, -0.15) is 5.26 Å². The van der Waals surface area contributed by atoms with Gasteiger partial charge in [-0.3, -0.25) is 14.7 Å². The number of piperazine rings is 2. The predicted octanol–water partition coefficient (Wildman–Crippen LogP) is 4.56. The fourth-order valence-corrected chi connectivity index (χ4v) is 6.38. The van der Waals surface area contributed by atoms with Crippen LogP contribution in [0.5, 0.6) is 0 Å². The molecule has 0 saturated carbocycles. The summed E-state index contributed by atoms with van der Waals surface area (Å²) in [4.78, 5) is 38.8. The van der Waals surface area contributed by atoms with E-state index in [1.807, 2.05) is 56.0 Å². The standard InChI is InChI=1S/C32H36N6O3/c1-21-18-37(27-10-8-23(17-33)29-26(27)6-5-11-34-29)20-28-25-9-7-22(16-24(25)19-38(21)28)30(39)35-12-14-36(15-13-35)31(40)41-32(2,3)4/h5-11,16,21,28H,12-15,18-20H2,1-4H3/t21-,28-/m1/s1. The molecule has 6 rings (SSSR count). The summed E-state index contributed by atoms with van der Waals surface area (Å²) in [6.07, 6.45) is 1.41. The number of fused-ring (bicyclic) bond motifs is 4. The molecule has 2 fully saturated rings. The average Bonchev–Trinajstić information content (AvgIpc) is 3.34. The molecule has 212 valence electrons. The Labute approximate surface area is 240 Å². The van der Waals surface area contributed by atoms with Crippen molar-refractivity contribution in [2.24, 2.45) is 0 Å². The quantitative estimate of drug-likeness (QED) is 0.460. The van der Waals surface area contributed by atoms with Crippen molar-refractivity contribution >= 4 is 28.6 Å². The minimum atomic E-state index is -0.538. The van der Waals surface area contributed by atoms with Gasteiger partial charge in [-0.25, -0.2) is 4.79 Å². The summed E-state index contributed by atoms with van der Waals surface area (Å²) < 4.78 is 5.49. The molecule has 1 aromatic heterocycles. The highest BCUT2D eigenvalue weighted by atomic mass is 16.6. The maximum absolute atomic E-state index is 13.4. The summed E-state index contributed by atoms with van der Waals surface area (Å²) >= 11 is 0. The molecule has 3 aliphatic rings. The number of nitriles is 1. The van der Waals surface area contributed by atoms with Crippen LogP contribution in [-0.4, -0.2) is 82.6 Å². The van der Waals surface area contributed by atoms with E-state index in [9.17, 15) is 14.9 Å². The van der Waals surface area contributed by atoms with E-state index in [4.69, 9.17) is 4.74 Å². The van der Waals surface area contributed by atoms with Gasteiger partial charge < -0.3 is 19.4 Å². The van der Waals surface area contributed by atoms with Crippen LogP contribution in [0.15, 0.2) is 48.7 Å². The first-order valence-electron chi connectivity index (χ1n) is 14.3. The predicted molar refractivity (Wildman–Crippen MR) is 157 cm³/mol. The van der Waals surface area contributed by atoms with Gasteiger partial charge in [0.05, 0.1) is 17.1 Å². The van der Waals surface area contributed by atoms with E-state index in [-0.39, 0.29) is 18.0 Å². The normalized spacial score (nSPS) is 20.9. The second kappa shape index (κ2) is 10.3. The number of amides is 2. The van der Waals surface area contributed by atoms with Gasteiger partial charge in [0.15, 0.2) is 0 Å². The van der Waals surface area contributed by atoms with Gasteiger partial charge in [0.2, 0.25) is 0 Å². The molecule has 2 amide bonds. The van der Waals surface area contributed by atoms with Crippen LogP contribution in [0.2, 0.25) is 0 Å². The minimum absolute atomic E-state index is 0.00716. The zero-order valence-corrected chi connectivity index (χ0v) is 24.1. The molecule has 9 heteroatoms. The molecule has 3 aliphatic heterocycles. The molecule has 0 bridgehead atoms. The van der Waals surface area contributed by atoms with Crippen LogP contribution >= 0.6 is 0 Å². The number of hydrogen-bond acceptors (Lipinski definition) is 7. The number of carbonyl (C=O) groups excluding carboxylic acids is 2. The number of pyridine rings is 1. The molecule has 2 saturated heterocycles.